The first-order valence-corrected chi connectivity index (χ1v) is 11.0. The van der Waals surface area contributed by atoms with Crippen molar-refractivity contribution in [3.63, 3.8) is 0 Å². The molecule has 3 aliphatic rings. The number of anilines is 1. The van der Waals surface area contributed by atoms with E-state index in [2.05, 4.69) is 0 Å². The first kappa shape index (κ1) is 17.8. The van der Waals surface area contributed by atoms with Gasteiger partial charge in [0.05, 0.1) is 0 Å². The van der Waals surface area contributed by atoms with Crippen molar-refractivity contribution in [3.8, 4) is 0 Å². The van der Waals surface area contributed by atoms with Crippen molar-refractivity contribution in [1.82, 2.24) is 0 Å². The highest BCUT2D eigenvalue weighted by Crippen LogP contribution is 2.68. The molecule has 0 saturated carbocycles. The molecule has 0 saturated heterocycles. The number of aliphatic imine (C=N–C) groups is 1. The molecule has 0 bridgehead atoms. The van der Waals surface area contributed by atoms with E-state index in [0.717, 1.165) is 21.7 Å². The number of nitrogens with zero attached hydrogens (tertiary/aromatic N) is 3. The molecule has 0 aliphatic carbocycles. The SMILES string of the molecule is CCN1C(=O)[C@@]2(N=C(SC)[C@@]3([N+](=O)[O-])Sc4ccccc4[C@@H]23)c2ccccc21. The van der Waals surface area contributed by atoms with Crippen LogP contribution in [0.4, 0.5) is 5.69 Å². The van der Waals surface area contributed by atoms with Gasteiger partial charge in [0.25, 0.3) is 5.91 Å². The Balaban J connectivity index is 1.88. The van der Waals surface area contributed by atoms with Gasteiger partial charge < -0.3 is 4.90 Å². The molecule has 3 atom stereocenters. The maximum Gasteiger partial charge on any atom is 0.328 e. The van der Waals surface area contributed by atoms with Crippen LogP contribution < -0.4 is 4.90 Å². The molecular weight excluding hydrogens is 394 g/mol. The minimum Gasteiger partial charge on any atom is -0.310 e. The summed E-state index contributed by atoms with van der Waals surface area (Å²) in [4.78, 5) is 32.0. The Bertz CT molecular complexity index is 1070. The third-order valence-electron chi connectivity index (χ3n) is 5.85. The normalized spacial score (nSPS) is 29.6. The Labute approximate surface area is 170 Å². The van der Waals surface area contributed by atoms with E-state index in [1.165, 1.54) is 23.5 Å². The predicted octanol–water partition coefficient (Wildman–Crippen LogP) is 3.89. The third-order valence-corrected chi connectivity index (χ3v) is 8.25. The highest BCUT2D eigenvalue weighted by Gasteiger charge is 2.77. The van der Waals surface area contributed by atoms with Gasteiger partial charge in [0.1, 0.15) is 5.92 Å². The molecule has 0 unspecified atom stereocenters. The van der Waals surface area contributed by atoms with E-state index in [-0.39, 0.29) is 10.8 Å². The minimum atomic E-state index is -1.48. The van der Waals surface area contributed by atoms with Crippen molar-refractivity contribution in [2.24, 2.45) is 4.99 Å². The van der Waals surface area contributed by atoms with Gasteiger partial charge >= 0.3 is 4.87 Å². The van der Waals surface area contributed by atoms with Gasteiger partial charge in [0.2, 0.25) is 0 Å². The highest BCUT2D eigenvalue weighted by atomic mass is 32.2. The van der Waals surface area contributed by atoms with Crippen molar-refractivity contribution >= 4 is 40.2 Å². The van der Waals surface area contributed by atoms with Gasteiger partial charge in [-0.3, -0.25) is 19.9 Å². The lowest BCUT2D eigenvalue weighted by Gasteiger charge is -2.29. The third kappa shape index (κ3) is 1.83. The van der Waals surface area contributed by atoms with E-state index in [4.69, 9.17) is 4.99 Å². The van der Waals surface area contributed by atoms with E-state index < -0.39 is 16.3 Å². The predicted molar refractivity (Wildman–Crippen MR) is 112 cm³/mol. The van der Waals surface area contributed by atoms with Crippen molar-refractivity contribution in [1.29, 1.82) is 0 Å². The molecular formula is C20H17N3O3S2. The Morgan fingerprint density at radius 1 is 1.25 bits per heavy atom. The second kappa shape index (κ2) is 5.84. The van der Waals surface area contributed by atoms with Gasteiger partial charge in [-0.1, -0.05) is 36.4 Å². The molecule has 6 nitrogen and oxygen atoms in total. The second-order valence-corrected chi connectivity index (χ2v) is 9.04. The number of carbonyl (C=O) groups excluding carboxylic acids is 1. The monoisotopic (exact) mass is 411 g/mol. The van der Waals surface area contributed by atoms with Crippen LogP contribution in [-0.4, -0.2) is 33.5 Å². The molecule has 1 amide bonds. The fraction of sp³-hybridized carbons (Fsp3) is 0.300. The Hall–Kier alpha value is -2.32. The van der Waals surface area contributed by atoms with Crippen LogP contribution in [0.2, 0.25) is 0 Å². The van der Waals surface area contributed by atoms with Crippen molar-refractivity contribution in [2.75, 3.05) is 17.7 Å². The van der Waals surface area contributed by atoms with E-state index in [1.54, 1.807) is 11.2 Å². The molecule has 3 heterocycles. The lowest BCUT2D eigenvalue weighted by Crippen LogP contribution is -2.49. The van der Waals surface area contributed by atoms with Crippen LogP contribution in [-0.2, 0) is 10.3 Å². The summed E-state index contributed by atoms with van der Waals surface area (Å²) in [6, 6.07) is 15.1. The zero-order chi connectivity index (χ0) is 19.7. The summed E-state index contributed by atoms with van der Waals surface area (Å²) in [6.45, 7) is 2.41. The zero-order valence-corrected chi connectivity index (χ0v) is 16.9. The van der Waals surface area contributed by atoms with Gasteiger partial charge in [-0.25, -0.2) is 0 Å². The molecule has 0 N–H and O–H groups in total. The molecule has 3 aliphatic heterocycles. The molecule has 142 valence electrons. The average molecular weight is 412 g/mol. The van der Waals surface area contributed by atoms with Gasteiger partial charge in [-0.05, 0) is 42.6 Å². The van der Waals surface area contributed by atoms with Crippen molar-refractivity contribution in [3.05, 3.63) is 69.8 Å². The summed E-state index contributed by atoms with van der Waals surface area (Å²) >= 11 is 2.49. The van der Waals surface area contributed by atoms with Crippen LogP contribution in [0.1, 0.15) is 24.0 Å². The van der Waals surface area contributed by atoms with Crippen LogP contribution in [0.3, 0.4) is 0 Å². The Morgan fingerprint density at radius 2 is 1.96 bits per heavy atom. The summed E-state index contributed by atoms with van der Waals surface area (Å²) in [6.07, 6.45) is 1.80. The summed E-state index contributed by atoms with van der Waals surface area (Å²) in [5.74, 6) is -0.849. The van der Waals surface area contributed by atoms with E-state index in [9.17, 15) is 14.9 Å². The lowest BCUT2D eigenvalue weighted by atomic mass is 9.74. The van der Waals surface area contributed by atoms with Crippen molar-refractivity contribution in [2.45, 2.75) is 28.1 Å². The van der Waals surface area contributed by atoms with Gasteiger partial charge in [-0.15, -0.1) is 11.8 Å². The molecule has 0 aromatic heterocycles. The van der Waals surface area contributed by atoms with Crippen molar-refractivity contribution < 1.29 is 9.72 Å². The maximum absolute atomic E-state index is 13.8. The van der Waals surface area contributed by atoms with Gasteiger partial charge in [-0.2, -0.15) is 0 Å². The molecule has 1 spiro atoms. The number of likely N-dealkylation sites (N-methyl/N-ethyl adjacent to an activating group) is 1. The van der Waals surface area contributed by atoms with Crippen LogP contribution >= 0.6 is 23.5 Å². The summed E-state index contributed by atoms with van der Waals surface area (Å²) < 4.78 is 0. The highest BCUT2D eigenvalue weighted by molar-refractivity contribution is 8.16. The van der Waals surface area contributed by atoms with Crippen LogP contribution in [0.25, 0.3) is 0 Å². The van der Waals surface area contributed by atoms with Crippen LogP contribution in [0, 0.1) is 10.1 Å². The molecule has 8 heteroatoms. The van der Waals surface area contributed by atoms with E-state index in [1.807, 2.05) is 55.5 Å². The number of benzene rings is 2. The number of hydrogen-bond donors (Lipinski definition) is 0. The molecule has 28 heavy (non-hydrogen) atoms. The summed E-state index contributed by atoms with van der Waals surface area (Å²) in [5, 5.41) is 12.9. The average Bonchev–Trinajstić information content (AvgIpc) is 3.28. The van der Waals surface area contributed by atoms with Gasteiger partial charge in [0.15, 0.2) is 10.6 Å². The van der Waals surface area contributed by atoms with Gasteiger partial charge in [0, 0.05) is 27.6 Å². The number of amides is 1. The number of hydrogen-bond acceptors (Lipinski definition) is 6. The number of rotatable bonds is 2. The largest absolute Gasteiger partial charge is 0.328 e. The quantitative estimate of drug-likeness (QED) is 0.554. The number of carbonyl (C=O) groups is 1. The maximum atomic E-state index is 13.8. The van der Waals surface area contributed by atoms with Crippen LogP contribution in [0.15, 0.2) is 58.4 Å². The molecule has 2 aromatic rings. The van der Waals surface area contributed by atoms with Crippen LogP contribution in [0.5, 0.6) is 0 Å². The number of fused-ring (bicyclic) bond motifs is 6. The number of thioether (sulfide) groups is 2. The minimum absolute atomic E-state index is 0.172. The Kier molecular flexibility index (Phi) is 3.70. The smallest absolute Gasteiger partial charge is 0.310 e. The fourth-order valence-electron chi connectivity index (χ4n) is 4.80. The lowest BCUT2D eigenvalue weighted by molar-refractivity contribution is -0.519. The zero-order valence-electron chi connectivity index (χ0n) is 15.3. The molecule has 5 rings (SSSR count). The Morgan fingerprint density at radius 3 is 2.68 bits per heavy atom. The summed E-state index contributed by atoms with van der Waals surface area (Å²) in [5.41, 5.74) is 1.10. The molecule has 2 aromatic carbocycles. The number of para-hydroxylation sites is 1. The topological polar surface area (TPSA) is 75.8 Å². The second-order valence-electron chi connectivity index (χ2n) is 6.98. The number of nitro groups is 1. The first-order valence-electron chi connectivity index (χ1n) is 9.00. The first-order chi connectivity index (χ1) is 13.5. The fourth-order valence-corrected chi connectivity index (χ4v) is 7.31. The van der Waals surface area contributed by atoms with E-state index in [0.29, 0.717) is 11.6 Å². The van der Waals surface area contributed by atoms with E-state index >= 15 is 0 Å². The molecule has 0 radical (unpaired) electrons. The standard InChI is InChI=1S/C20H17N3O3S2/c1-3-22-14-10-6-5-9-13(14)19(18(22)24)16-12-8-4-7-11-15(12)28-20(16,23(25)26)17(21-19)27-2/h4-11,16H,3H2,1-2H3/t16-,19+,20-/m0/s1. The summed E-state index contributed by atoms with van der Waals surface area (Å²) in [7, 11) is 0. The molecule has 0 fully saturated rings.